The minimum atomic E-state index is -0.292. The van der Waals surface area contributed by atoms with E-state index < -0.39 is 0 Å². The quantitative estimate of drug-likeness (QED) is 0.653. The van der Waals surface area contributed by atoms with Crippen LogP contribution in [0.2, 0.25) is 0 Å². The molecule has 1 aliphatic rings. The molecule has 5 heteroatoms. The Hall–Kier alpha value is -0.650. The fraction of sp³-hybridized carbons (Fsp3) is 0.900. The summed E-state index contributed by atoms with van der Waals surface area (Å²) in [6.07, 6.45) is 0.190. The van der Waals surface area contributed by atoms with Gasteiger partial charge in [0.05, 0.1) is 18.3 Å². The number of aliphatic hydroxyl groups excluding tert-OH is 1. The minimum Gasteiger partial charge on any atom is -0.394 e. The van der Waals surface area contributed by atoms with E-state index in [9.17, 15) is 4.79 Å². The van der Waals surface area contributed by atoms with Crippen molar-refractivity contribution in [3.63, 3.8) is 0 Å². The molecule has 0 aromatic carbocycles. The van der Waals surface area contributed by atoms with Crippen LogP contribution in [0.3, 0.4) is 0 Å². The summed E-state index contributed by atoms with van der Waals surface area (Å²) < 4.78 is 5.65. The Morgan fingerprint density at radius 2 is 2.33 bits per heavy atom. The van der Waals surface area contributed by atoms with Crippen LogP contribution in [0.5, 0.6) is 0 Å². The van der Waals surface area contributed by atoms with Gasteiger partial charge in [0.15, 0.2) is 0 Å². The summed E-state index contributed by atoms with van der Waals surface area (Å²) >= 11 is 0. The highest BCUT2D eigenvalue weighted by Gasteiger charge is 2.32. The van der Waals surface area contributed by atoms with Gasteiger partial charge in [0.2, 0.25) is 5.91 Å². The number of ether oxygens (including phenoxy) is 1. The molecular formula is C10H20N2O3. The van der Waals surface area contributed by atoms with Crippen molar-refractivity contribution in [2.24, 2.45) is 5.73 Å². The van der Waals surface area contributed by atoms with Gasteiger partial charge in [-0.05, 0) is 13.8 Å². The van der Waals surface area contributed by atoms with Gasteiger partial charge in [0.25, 0.3) is 0 Å². The number of hydrogen-bond donors (Lipinski definition) is 2. The lowest BCUT2D eigenvalue weighted by atomic mass is 10.1. The lowest BCUT2D eigenvalue weighted by Crippen LogP contribution is -2.54. The fourth-order valence-corrected chi connectivity index (χ4v) is 1.95. The Bertz CT molecular complexity index is 231. The summed E-state index contributed by atoms with van der Waals surface area (Å²) in [6.45, 7) is 6.03. The van der Waals surface area contributed by atoms with E-state index in [1.165, 1.54) is 0 Å². The van der Waals surface area contributed by atoms with Crippen LogP contribution >= 0.6 is 0 Å². The number of hydrogen-bond acceptors (Lipinski definition) is 4. The van der Waals surface area contributed by atoms with Crippen LogP contribution < -0.4 is 5.73 Å². The Balaban J connectivity index is 2.47. The molecular weight excluding hydrogens is 196 g/mol. The summed E-state index contributed by atoms with van der Waals surface area (Å²) in [4.78, 5) is 12.8. The van der Waals surface area contributed by atoms with Gasteiger partial charge >= 0.3 is 0 Å². The van der Waals surface area contributed by atoms with Gasteiger partial charge in [-0.2, -0.15) is 0 Å². The molecule has 1 rings (SSSR count). The van der Waals surface area contributed by atoms with Gasteiger partial charge in [0, 0.05) is 26.1 Å². The third kappa shape index (κ3) is 4.15. The number of amides is 1. The highest BCUT2D eigenvalue weighted by Crippen LogP contribution is 2.20. The van der Waals surface area contributed by atoms with E-state index in [0.29, 0.717) is 19.5 Å². The molecule has 3 N–H and O–H groups in total. The number of carbonyl (C=O) groups excluding carboxylic acids is 1. The van der Waals surface area contributed by atoms with Crippen molar-refractivity contribution in [3.05, 3.63) is 0 Å². The van der Waals surface area contributed by atoms with E-state index in [1.54, 1.807) is 0 Å². The Morgan fingerprint density at radius 1 is 1.67 bits per heavy atom. The van der Waals surface area contributed by atoms with E-state index in [2.05, 4.69) is 4.90 Å². The molecule has 1 saturated heterocycles. The van der Waals surface area contributed by atoms with Gasteiger partial charge in [-0.25, -0.2) is 0 Å². The van der Waals surface area contributed by atoms with Crippen molar-refractivity contribution in [1.82, 2.24) is 4.90 Å². The molecule has 1 atom stereocenters. The molecule has 88 valence electrons. The molecule has 0 radical (unpaired) electrons. The van der Waals surface area contributed by atoms with E-state index >= 15 is 0 Å². The van der Waals surface area contributed by atoms with Crippen molar-refractivity contribution < 1.29 is 14.6 Å². The molecule has 5 nitrogen and oxygen atoms in total. The predicted octanol–water partition coefficient (Wildman–Crippen LogP) is -0.666. The van der Waals surface area contributed by atoms with Crippen molar-refractivity contribution >= 4 is 5.91 Å². The smallest absolute Gasteiger partial charge is 0.218 e. The van der Waals surface area contributed by atoms with Gasteiger partial charge in [0.1, 0.15) is 0 Å². The first-order valence-corrected chi connectivity index (χ1v) is 5.22. The second kappa shape index (κ2) is 4.92. The number of nitrogens with zero attached hydrogens (tertiary/aromatic N) is 1. The van der Waals surface area contributed by atoms with Gasteiger partial charge < -0.3 is 15.6 Å². The van der Waals surface area contributed by atoms with Crippen LogP contribution in [0, 0.1) is 0 Å². The standard InChI is InChI=1S/C10H20N2O3/c1-10(2)7-12(4-3-9(11)14)5-8(6-13)15-10/h8,13H,3-7H2,1-2H3,(H2,11,14). The van der Waals surface area contributed by atoms with E-state index in [0.717, 1.165) is 6.54 Å². The number of aliphatic hydroxyl groups is 1. The summed E-state index contributed by atoms with van der Waals surface area (Å²) in [6, 6.07) is 0. The molecule has 0 saturated carbocycles. The molecule has 1 aliphatic heterocycles. The highest BCUT2D eigenvalue weighted by molar-refractivity contribution is 5.73. The second-order valence-corrected chi connectivity index (χ2v) is 4.63. The molecule has 15 heavy (non-hydrogen) atoms. The minimum absolute atomic E-state index is 0.0104. The van der Waals surface area contributed by atoms with Crippen LogP contribution in [0.1, 0.15) is 20.3 Å². The molecule has 1 fully saturated rings. The summed E-state index contributed by atoms with van der Waals surface area (Å²) in [7, 11) is 0. The number of rotatable bonds is 4. The third-order valence-electron chi connectivity index (χ3n) is 2.43. The summed E-state index contributed by atoms with van der Waals surface area (Å²) in [5, 5.41) is 9.08. The van der Waals surface area contributed by atoms with Crippen LogP contribution in [0.4, 0.5) is 0 Å². The molecule has 1 unspecified atom stereocenters. The zero-order valence-corrected chi connectivity index (χ0v) is 9.40. The summed E-state index contributed by atoms with van der Waals surface area (Å²) in [5.74, 6) is -0.292. The molecule has 1 heterocycles. The zero-order valence-electron chi connectivity index (χ0n) is 9.40. The molecule has 0 bridgehead atoms. The average Bonchev–Trinajstić information content (AvgIpc) is 2.12. The summed E-state index contributed by atoms with van der Waals surface area (Å²) in [5.41, 5.74) is 4.82. The largest absolute Gasteiger partial charge is 0.394 e. The van der Waals surface area contributed by atoms with E-state index in [-0.39, 0.29) is 24.2 Å². The van der Waals surface area contributed by atoms with Crippen LogP contribution in [-0.2, 0) is 9.53 Å². The second-order valence-electron chi connectivity index (χ2n) is 4.63. The average molecular weight is 216 g/mol. The topological polar surface area (TPSA) is 75.8 Å². The third-order valence-corrected chi connectivity index (χ3v) is 2.43. The van der Waals surface area contributed by atoms with Gasteiger partial charge in [-0.15, -0.1) is 0 Å². The Labute approximate surface area is 90.2 Å². The van der Waals surface area contributed by atoms with Gasteiger partial charge in [-0.3, -0.25) is 9.69 Å². The number of carbonyl (C=O) groups is 1. The van der Waals surface area contributed by atoms with Crippen molar-refractivity contribution in [2.45, 2.75) is 32.0 Å². The lowest BCUT2D eigenvalue weighted by Gasteiger charge is -2.42. The molecule has 0 aromatic heterocycles. The molecule has 0 aliphatic carbocycles. The maximum Gasteiger partial charge on any atom is 0.218 e. The van der Waals surface area contributed by atoms with Crippen LogP contribution in [0.25, 0.3) is 0 Å². The molecule has 1 amide bonds. The number of nitrogens with two attached hydrogens (primary N) is 1. The van der Waals surface area contributed by atoms with Crippen LogP contribution in [0.15, 0.2) is 0 Å². The first-order valence-electron chi connectivity index (χ1n) is 5.22. The van der Waals surface area contributed by atoms with Gasteiger partial charge in [-0.1, -0.05) is 0 Å². The molecule has 0 spiro atoms. The maximum atomic E-state index is 10.7. The predicted molar refractivity (Wildman–Crippen MR) is 56.3 cm³/mol. The van der Waals surface area contributed by atoms with Crippen molar-refractivity contribution in [3.8, 4) is 0 Å². The first kappa shape index (κ1) is 12.4. The lowest BCUT2D eigenvalue weighted by molar-refractivity contribution is -0.150. The molecule has 0 aromatic rings. The highest BCUT2D eigenvalue weighted by atomic mass is 16.5. The van der Waals surface area contributed by atoms with Crippen molar-refractivity contribution in [2.75, 3.05) is 26.2 Å². The monoisotopic (exact) mass is 216 g/mol. The van der Waals surface area contributed by atoms with E-state index in [1.807, 2.05) is 13.8 Å². The Kier molecular flexibility index (Phi) is 4.07. The Morgan fingerprint density at radius 3 is 2.87 bits per heavy atom. The maximum absolute atomic E-state index is 10.7. The number of primary amides is 1. The zero-order chi connectivity index (χ0) is 11.5. The van der Waals surface area contributed by atoms with E-state index in [4.69, 9.17) is 15.6 Å². The fourth-order valence-electron chi connectivity index (χ4n) is 1.95. The normalized spacial score (nSPS) is 26.5. The van der Waals surface area contributed by atoms with Crippen molar-refractivity contribution in [1.29, 1.82) is 0 Å². The first-order chi connectivity index (χ1) is 6.93. The number of morpholine rings is 1. The van der Waals surface area contributed by atoms with Crippen LogP contribution in [-0.4, -0.2) is 53.9 Å². The SMILES string of the molecule is CC1(C)CN(CCC(N)=O)CC(CO)O1.